The lowest BCUT2D eigenvalue weighted by Crippen LogP contribution is -2.52. The van der Waals surface area contributed by atoms with Crippen molar-refractivity contribution < 1.29 is 23.8 Å². The van der Waals surface area contributed by atoms with Crippen molar-refractivity contribution in [3.05, 3.63) is 23.8 Å². The number of piperidine rings is 2. The van der Waals surface area contributed by atoms with Gasteiger partial charge in [0.2, 0.25) is 18.6 Å². The van der Waals surface area contributed by atoms with Gasteiger partial charge in [-0.2, -0.15) is 0 Å². The van der Waals surface area contributed by atoms with Crippen LogP contribution in [0.15, 0.2) is 18.2 Å². The molecule has 4 aliphatic heterocycles. The highest BCUT2D eigenvalue weighted by atomic mass is 16.7. The van der Waals surface area contributed by atoms with Gasteiger partial charge in [-0.25, -0.2) is 0 Å². The number of likely N-dealkylation sites (tertiary alicyclic amines) is 1. The van der Waals surface area contributed by atoms with E-state index in [1.165, 1.54) is 45.2 Å². The molecule has 34 heavy (non-hydrogen) atoms. The fourth-order valence-corrected chi connectivity index (χ4v) is 6.17. The predicted octanol–water partition coefficient (Wildman–Crippen LogP) is 2.50. The van der Waals surface area contributed by atoms with Gasteiger partial charge in [0, 0.05) is 45.8 Å². The minimum atomic E-state index is -0.288. The topological polar surface area (TPSA) is 71.6 Å². The Labute approximate surface area is 202 Å². The van der Waals surface area contributed by atoms with E-state index in [0.29, 0.717) is 44.0 Å². The molecule has 4 heterocycles. The average molecular weight is 472 g/mol. The van der Waals surface area contributed by atoms with Gasteiger partial charge in [0.25, 0.3) is 0 Å². The highest BCUT2D eigenvalue weighted by Gasteiger charge is 2.39. The Hall–Kier alpha value is -2.32. The first kappa shape index (κ1) is 23.4. The van der Waals surface area contributed by atoms with Gasteiger partial charge in [-0.15, -0.1) is 0 Å². The first-order valence-electron chi connectivity index (χ1n) is 12.8. The van der Waals surface area contributed by atoms with Crippen LogP contribution in [0.4, 0.5) is 0 Å². The molecule has 0 N–H and O–H groups in total. The third-order valence-electron chi connectivity index (χ3n) is 7.93. The Morgan fingerprint density at radius 3 is 2.88 bits per heavy atom. The van der Waals surface area contributed by atoms with Crippen molar-refractivity contribution >= 4 is 11.8 Å². The largest absolute Gasteiger partial charge is 0.454 e. The summed E-state index contributed by atoms with van der Waals surface area (Å²) in [5.74, 6) is 1.82. The minimum Gasteiger partial charge on any atom is -0.454 e. The summed E-state index contributed by atoms with van der Waals surface area (Å²) in [5, 5.41) is 0. The van der Waals surface area contributed by atoms with Crippen LogP contribution in [0.1, 0.15) is 44.1 Å². The van der Waals surface area contributed by atoms with E-state index in [0.717, 1.165) is 17.9 Å². The van der Waals surface area contributed by atoms with Crippen molar-refractivity contribution in [2.24, 2.45) is 11.8 Å². The fourth-order valence-electron chi connectivity index (χ4n) is 6.17. The zero-order valence-corrected chi connectivity index (χ0v) is 20.2. The van der Waals surface area contributed by atoms with Crippen molar-refractivity contribution in [3.63, 3.8) is 0 Å². The molecule has 2 amide bonds. The van der Waals surface area contributed by atoms with E-state index < -0.39 is 0 Å². The van der Waals surface area contributed by atoms with E-state index in [-0.39, 0.29) is 30.9 Å². The first-order chi connectivity index (χ1) is 16.6. The van der Waals surface area contributed by atoms with Gasteiger partial charge in [-0.3, -0.25) is 9.59 Å². The van der Waals surface area contributed by atoms with Crippen LogP contribution in [0.3, 0.4) is 0 Å². The Morgan fingerprint density at radius 2 is 2.00 bits per heavy atom. The monoisotopic (exact) mass is 471 g/mol. The summed E-state index contributed by atoms with van der Waals surface area (Å²) in [6, 6.07) is 6.36. The van der Waals surface area contributed by atoms with Crippen LogP contribution in [0.2, 0.25) is 0 Å². The second-order valence-electron chi connectivity index (χ2n) is 10.1. The molecule has 1 aromatic carbocycles. The maximum Gasteiger partial charge on any atom is 0.231 e. The SMILES string of the molecule is COCCN(C[C@@H]1CCCN2CCCC[C@@H]12)C(=O)[C@H]1CC(=O)N(Cc2ccc3c(c2)OCO3)C1. The number of carbonyl (C=O) groups is 2. The number of ether oxygens (including phenoxy) is 3. The highest BCUT2D eigenvalue weighted by molar-refractivity contribution is 5.89. The Morgan fingerprint density at radius 1 is 1.15 bits per heavy atom. The van der Waals surface area contributed by atoms with E-state index in [9.17, 15) is 9.59 Å². The number of nitrogens with zero attached hydrogens (tertiary/aromatic N) is 3. The number of rotatable bonds is 8. The van der Waals surface area contributed by atoms with E-state index in [1.807, 2.05) is 23.1 Å². The van der Waals surface area contributed by atoms with Crippen molar-refractivity contribution in [2.75, 3.05) is 53.2 Å². The molecule has 8 heteroatoms. The lowest BCUT2D eigenvalue weighted by atomic mass is 9.83. The Bertz CT molecular complexity index is 891. The van der Waals surface area contributed by atoms with Gasteiger partial charge < -0.3 is 28.9 Å². The summed E-state index contributed by atoms with van der Waals surface area (Å²) < 4.78 is 16.2. The molecule has 0 spiro atoms. The second kappa shape index (κ2) is 10.5. The molecule has 5 rings (SSSR count). The predicted molar refractivity (Wildman–Crippen MR) is 126 cm³/mol. The number of benzene rings is 1. The van der Waals surface area contributed by atoms with Gasteiger partial charge >= 0.3 is 0 Å². The second-order valence-corrected chi connectivity index (χ2v) is 10.1. The van der Waals surface area contributed by atoms with Crippen molar-refractivity contribution in [1.29, 1.82) is 0 Å². The molecule has 1 aromatic rings. The van der Waals surface area contributed by atoms with Crippen LogP contribution in [-0.2, 0) is 20.9 Å². The number of hydrogen-bond donors (Lipinski definition) is 0. The highest BCUT2D eigenvalue weighted by Crippen LogP contribution is 2.34. The zero-order chi connectivity index (χ0) is 23.5. The molecule has 8 nitrogen and oxygen atoms in total. The van der Waals surface area contributed by atoms with Crippen LogP contribution in [0, 0.1) is 11.8 Å². The van der Waals surface area contributed by atoms with Gasteiger partial charge in [-0.05, 0) is 62.4 Å². The van der Waals surface area contributed by atoms with E-state index in [4.69, 9.17) is 14.2 Å². The van der Waals surface area contributed by atoms with E-state index in [2.05, 4.69) is 4.90 Å². The quantitative estimate of drug-likeness (QED) is 0.580. The molecule has 3 saturated heterocycles. The molecular weight excluding hydrogens is 434 g/mol. The van der Waals surface area contributed by atoms with Gasteiger partial charge in [0.05, 0.1) is 12.5 Å². The fraction of sp³-hybridized carbons (Fsp3) is 0.692. The molecule has 0 aromatic heterocycles. The third-order valence-corrected chi connectivity index (χ3v) is 7.93. The summed E-state index contributed by atoms with van der Waals surface area (Å²) in [6.07, 6.45) is 6.49. The third kappa shape index (κ3) is 5.03. The molecule has 3 fully saturated rings. The zero-order valence-electron chi connectivity index (χ0n) is 20.2. The van der Waals surface area contributed by atoms with Crippen LogP contribution < -0.4 is 9.47 Å². The van der Waals surface area contributed by atoms with Crippen molar-refractivity contribution in [1.82, 2.24) is 14.7 Å². The van der Waals surface area contributed by atoms with Crippen molar-refractivity contribution in [3.8, 4) is 11.5 Å². The minimum absolute atomic E-state index is 0.0406. The number of carbonyl (C=O) groups excluding carboxylic acids is 2. The molecule has 0 unspecified atom stereocenters. The molecular formula is C26H37N3O5. The molecule has 0 radical (unpaired) electrons. The Balaban J connectivity index is 1.23. The summed E-state index contributed by atoms with van der Waals surface area (Å²) in [6.45, 7) is 5.45. The molecule has 0 saturated carbocycles. The normalized spacial score (nSPS) is 26.6. The molecule has 186 valence electrons. The van der Waals surface area contributed by atoms with Gasteiger partial charge in [-0.1, -0.05) is 12.5 Å². The maximum absolute atomic E-state index is 13.6. The standard InChI is InChI=1S/C26H37N3O5/c1-32-12-11-28(16-20-5-4-10-27-9-3-2-6-22(20)27)26(31)21-14-25(30)29(17-21)15-19-7-8-23-24(13-19)34-18-33-23/h7-8,13,20-22H,2-6,9-12,14-18H2,1H3/t20-,21-,22-/m0/s1. The van der Waals surface area contributed by atoms with Crippen LogP contribution in [0.25, 0.3) is 0 Å². The summed E-state index contributed by atoms with van der Waals surface area (Å²) in [5.41, 5.74) is 0.988. The number of hydrogen-bond acceptors (Lipinski definition) is 6. The van der Waals surface area contributed by atoms with Gasteiger partial charge in [0.15, 0.2) is 11.5 Å². The number of amides is 2. The van der Waals surface area contributed by atoms with Crippen molar-refractivity contribution in [2.45, 2.75) is 51.1 Å². The molecule has 3 atom stereocenters. The first-order valence-corrected chi connectivity index (χ1v) is 12.8. The number of methoxy groups -OCH3 is 1. The number of fused-ring (bicyclic) bond motifs is 2. The average Bonchev–Trinajstić information content (AvgIpc) is 3.47. The summed E-state index contributed by atoms with van der Waals surface area (Å²) in [7, 11) is 1.68. The van der Waals surface area contributed by atoms with E-state index in [1.54, 1.807) is 12.0 Å². The smallest absolute Gasteiger partial charge is 0.231 e. The molecule has 4 aliphatic rings. The van der Waals surface area contributed by atoms with Crippen LogP contribution in [-0.4, -0.2) is 85.8 Å². The van der Waals surface area contributed by atoms with E-state index >= 15 is 0 Å². The summed E-state index contributed by atoms with van der Waals surface area (Å²) >= 11 is 0. The summed E-state index contributed by atoms with van der Waals surface area (Å²) in [4.78, 5) is 32.9. The Kier molecular flexibility index (Phi) is 7.25. The van der Waals surface area contributed by atoms with Crippen LogP contribution >= 0.6 is 0 Å². The van der Waals surface area contributed by atoms with Gasteiger partial charge in [0.1, 0.15) is 0 Å². The molecule has 0 bridgehead atoms. The maximum atomic E-state index is 13.6. The van der Waals surface area contributed by atoms with Crippen LogP contribution in [0.5, 0.6) is 11.5 Å². The lowest BCUT2D eigenvalue weighted by molar-refractivity contribution is -0.137. The lowest BCUT2D eigenvalue weighted by Gasteiger charge is -2.46. The molecule has 0 aliphatic carbocycles.